The van der Waals surface area contributed by atoms with Crippen molar-refractivity contribution in [1.82, 2.24) is 5.32 Å². The van der Waals surface area contributed by atoms with Gasteiger partial charge in [0, 0.05) is 5.92 Å². The van der Waals surface area contributed by atoms with Gasteiger partial charge in [-0.1, -0.05) is 38.2 Å². The Hall–Kier alpha value is -2.17. The molecule has 0 bridgehead atoms. The van der Waals surface area contributed by atoms with Gasteiger partial charge in [0.2, 0.25) is 5.91 Å². The summed E-state index contributed by atoms with van der Waals surface area (Å²) in [5, 5.41) is 2.48. The molecule has 0 fully saturated rings. The van der Waals surface area contributed by atoms with E-state index in [1.165, 1.54) is 0 Å². The van der Waals surface area contributed by atoms with Gasteiger partial charge in [-0.05, 0) is 11.6 Å². The average molecular weight is 275 g/mol. The second-order valence-corrected chi connectivity index (χ2v) is 5.08. The quantitative estimate of drug-likeness (QED) is 0.611. The van der Waals surface area contributed by atoms with Crippen molar-refractivity contribution in [3.05, 3.63) is 36.0 Å². The molecule has 0 radical (unpaired) electrons. The molecule has 106 valence electrons. The Balaban J connectivity index is 2.03. The largest absolute Gasteiger partial charge is 0.452 e. The highest BCUT2D eigenvalue weighted by Crippen LogP contribution is 2.24. The summed E-state index contributed by atoms with van der Waals surface area (Å²) < 4.78 is 5.19. The molecule has 0 aromatic heterocycles. The monoisotopic (exact) mass is 275 g/mol. The summed E-state index contributed by atoms with van der Waals surface area (Å²) in [6, 6.07) is 0. The maximum atomic E-state index is 12.0. The lowest BCUT2D eigenvalue weighted by atomic mass is 9.95. The van der Waals surface area contributed by atoms with Crippen molar-refractivity contribution < 1.29 is 19.1 Å². The molecular formula is C15H17NO4. The van der Waals surface area contributed by atoms with E-state index < -0.39 is 23.9 Å². The van der Waals surface area contributed by atoms with Crippen LogP contribution in [-0.2, 0) is 19.1 Å². The maximum absolute atomic E-state index is 12.0. The van der Waals surface area contributed by atoms with Gasteiger partial charge in [0.05, 0.1) is 6.54 Å². The van der Waals surface area contributed by atoms with E-state index in [1.807, 2.05) is 6.08 Å². The van der Waals surface area contributed by atoms with Gasteiger partial charge in [-0.3, -0.25) is 14.4 Å². The third-order valence-corrected chi connectivity index (χ3v) is 3.23. The Morgan fingerprint density at radius 1 is 1.35 bits per heavy atom. The predicted molar refractivity (Wildman–Crippen MR) is 72.6 cm³/mol. The minimum absolute atomic E-state index is 0.0668. The highest BCUT2D eigenvalue weighted by Gasteiger charge is 2.34. The fourth-order valence-corrected chi connectivity index (χ4v) is 1.93. The van der Waals surface area contributed by atoms with Crippen molar-refractivity contribution in [3.8, 4) is 0 Å². The number of ketones is 1. The first-order valence-corrected chi connectivity index (χ1v) is 6.56. The number of carbonyl (C=O) groups excluding carboxylic acids is 3. The Morgan fingerprint density at radius 3 is 2.80 bits per heavy atom. The molecule has 1 amide bonds. The zero-order chi connectivity index (χ0) is 14.7. The second-order valence-electron chi connectivity index (χ2n) is 5.08. The summed E-state index contributed by atoms with van der Waals surface area (Å²) in [4.78, 5) is 35.2. The number of rotatable bonds is 4. The zero-order valence-corrected chi connectivity index (χ0v) is 11.5. The third-order valence-electron chi connectivity index (χ3n) is 3.23. The van der Waals surface area contributed by atoms with Crippen molar-refractivity contribution in [2.75, 3.05) is 6.54 Å². The molecule has 5 nitrogen and oxygen atoms in total. The zero-order valence-electron chi connectivity index (χ0n) is 11.5. The lowest BCUT2D eigenvalue weighted by Gasteiger charge is -2.26. The van der Waals surface area contributed by atoms with Gasteiger partial charge >= 0.3 is 5.97 Å². The SMILES string of the molecule is CC(C)C(=O)CNC(=O)C1C=C2C=CC=CC2OC1=O. The number of allylic oxidation sites excluding steroid dienone is 2. The van der Waals surface area contributed by atoms with E-state index >= 15 is 0 Å². The van der Waals surface area contributed by atoms with E-state index in [1.54, 1.807) is 38.2 Å². The molecule has 0 spiro atoms. The van der Waals surface area contributed by atoms with Crippen LogP contribution >= 0.6 is 0 Å². The van der Waals surface area contributed by atoms with Gasteiger partial charge < -0.3 is 10.1 Å². The topological polar surface area (TPSA) is 72.5 Å². The van der Waals surface area contributed by atoms with Crippen LogP contribution in [0.25, 0.3) is 0 Å². The van der Waals surface area contributed by atoms with E-state index in [0.717, 1.165) is 5.57 Å². The van der Waals surface area contributed by atoms with Crippen molar-refractivity contribution >= 4 is 17.7 Å². The lowest BCUT2D eigenvalue weighted by Crippen LogP contribution is -2.42. The van der Waals surface area contributed by atoms with Gasteiger partial charge in [-0.15, -0.1) is 0 Å². The molecule has 1 heterocycles. The molecule has 2 rings (SSSR count). The Bertz CT molecular complexity index is 528. The maximum Gasteiger partial charge on any atom is 0.323 e. The van der Waals surface area contributed by atoms with Gasteiger partial charge in [0.1, 0.15) is 6.10 Å². The van der Waals surface area contributed by atoms with E-state index in [-0.39, 0.29) is 18.2 Å². The van der Waals surface area contributed by atoms with Crippen LogP contribution < -0.4 is 5.32 Å². The molecule has 1 aliphatic heterocycles. The number of hydrogen-bond acceptors (Lipinski definition) is 4. The molecule has 0 saturated carbocycles. The van der Waals surface area contributed by atoms with Crippen LogP contribution in [0, 0.1) is 11.8 Å². The Labute approximate surface area is 117 Å². The molecule has 1 N–H and O–H groups in total. The molecular weight excluding hydrogens is 258 g/mol. The smallest absolute Gasteiger partial charge is 0.323 e. The van der Waals surface area contributed by atoms with Crippen LogP contribution in [0.4, 0.5) is 0 Å². The molecule has 0 saturated heterocycles. The number of carbonyl (C=O) groups is 3. The molecule has 0 aromatic rings. The van der Waals surface area contributed by atoms with Gasteiger partial charge in [-0.2, -0.15) is 0 Å². The Kier molecular flexibility index (Phi) is 4.17. The van der Waals surface area contributed by atoms with E-state index in [4.69, 9.17) is 4.74 Å². The summed E-state index contributed by atoms with van der Waals surface area (Å²) in [5.74, 6) is -2.31. The van der Waals surface area contributed by atoms with Crippen molar-refractivity contribution in [2.24, 2.45) is 11.8 Å². The number of Topliss-reactive ketones (excluding diaryl/α,β-unsaturated/α-hetero) is 1. The highest BCUT2D eigenvalue weighted by molar-refractivity contribution is 6.02. The number of amides is 1. The summed E-state index contributed by atoms with van der Waals surface area (Å²) in [7, 11) is 0. The van der Waals surface area contributed by atoms with Gasteiger partial charge in [0.25, 0.3) is 0 Å². The van der Waals surface area contributed by atoms with Gasteiger partial charge in [0.15, 0.2) is 11.7 Å². The number of hydrogen-bond donors (Lipinski definition) is 1. The first-order valence-electron chi connectivity index (χ1n) is 6.56. The van der Waals surface area contributed by atoms with Crippen molar-refractivity contribution in [1.29, 1.82) is 0 Å². The van der Waals surface area contributed by atoms with E-state index in [0.29, 0.717) is 0 Å². The van der Waals surface area contributed by atoms with Crippen LogP contribution in [0.15, 0.2) is 36.0 Å². The predicted octanol–water partition coefficient (Wildman–Crippen LogP) is 0.922. The average Bonchev–Trinajstić information content (AvgIpc) is 2.43. The lowest BCUT2D eigenvalue weighted by molar-refractivity contribution is -0.153. The second kappa shape index (κ2) is 5.86. The minimum Gasteiger partial charge on any atom is -0.452 e. The molecule has 1 aliphatic carbocycles. The summed E-state index contributed by atoms with van der Waals surface area (Å²) in [5.41, 5.74) is 0.780. The van der Waals surface area contributed by atoms with Crippen LogP contribution in [0.3, 0.4) is 0 Å². The third kappa shape index (κ3) is 3.04. The first-order chi connectivity index (χ1) is 9.49. The highest BCUT2D eigenvalue weighted by atomic mass is 16.5. The molecule has 2 atom stereocenters. The first kappa shape index (κ1) is 14.2. The molecule has 2 aliphatic rings. The van der Waals surface area contributed by atoms with Crippen molar-refractivity contribution in [3.63, 3.8) is 0 Å². The number of ether oxygens (including phenoxy) is 1. The fraction of sp³-hybridized carbons (Fsp3) is 0.400. The standard InChI is InChI=1S/C15H17NO4/c1-9(2)12(17)8-16-14(18)11-7-10-5-3-4-6-13(10)20-15(11)19/h3-7,9,11,13H,8H2,1-2H3,(H,16,18). The van der Waals surface area contributed by atoms with Crippen LogP contribution in [0.5, 0.6) is 0 Å². The minimum atomic E-state index is -0.989. The van der Waals surface area contributed by atoms with Crippen LogP contribution in [-0.4, -0.2) is 30.3 Å². The molecule has 5 heteroatoms. The number of esters is 1. The van der Waals surface area contributed by atoms with Crippen LogP contribution in [0.1, 0.15) is 13.8 Å². The molecule has 2 unspecified atom stereocenters. The number of fused-ring (bicyclic) bond motifs is 1. The molecule has 0 aromatic carbocycles. The molecule has 20 heavy (non-hydrogen) atoms. The summed E-state index contributed by atoms with van der Waals surface area (Å²) in [6.45, 7) is 3.45. The Morgan fingerprint density at radius 2 is 2.10 bits per heavy atom. The number of nitrogens with one attached hydrogen (secondary N) is 1. The van der Waals surface area contributed by atoms with E-state index in [2.05, 4.69) is 5.32 Å². The summed E-state index contributed by atoms with van der Waals surface area (Å²) in [6.07, 6.45) is 8.34. The fourth-order valence-electron chi connectivity index (χ4n) is 1.93. The van der Waals surface area contributed by atoms with E-state index in [9.17, 15) is 14.4 Å². The normalized spacial score (nSPS) is 23.9. The van der Waals surface area contributed by atoms with Gasteiger partial charge in [-0.25, -0.2) is 0 Å². The van der Waals surface area contributed by atoms with Crippen molar-refractivity contribution in [2.45, 2.75) is 20.0 Å². The summed E-state index contributed by atoms with van der Waals surface area (Å²) >= 11 is 0. The van der Waals surface area contributed by atoms with Crippen LogP contribution in [0.2, 0.25) is 0 Å².